The number of fused-ring (bicyclic) bond motifs is 1. The van der Waals surface area contributed by atoms with Gasteiger partial charge in [0.15, 0.2) is 17.2 Å². The first-order valence-electron chi connectivity index (χ1n) is 12.0. The predicted octanol–water partition coefficient (Wildman–Crippen LogP) is 0.723. The van der Waals surface area contributed by atoms with Gasteiger partial charge in [-0.2, -0.15) is 0 Å². The van der Waals surface area contributed by atoms with Crippen molar-refractivity contribution in [3.8, 4) is 11.5 Å². The minimum atomic E-state index is -0.761. The number of benzene rings is 1. The molecule has 36 heavy (non-hydrogen) atoms. The standard InChI is InChI=1S/C24H31N5O7/c1-3-4-7-28-21(25)20(22(31)26-24(28)33)27(8-9-34-2)23(32)15-12-19(30)29(14-15)16-5-6-17-18(13-16)36-11-10-35-17/h5-6,13,15H,3-4,7-12,14,25H2,1-2H3,(H,26,31,33)/t15-/m1/s1. The van der Waals surface area contributed by atoms with E-state index in [0.717, 1.165) is 6.42 Å². The molecule has 0 spiro atoms. The van der Waals surface area contributed by atoms with Crippen LogP contribution in [0.5, 0.6) is 11.5 Å². The Kier molecular flexibility index (Phi) is 7.63. The first-order valence-corrected chi connectivity index (χ1v) is 12.0. The first kappa shape index (κ1) is 25.3. The lowest BCUT2D eigenvalue weighted by Crippen LogP contribution is -2.45. The number of aromatic nitrogens is 2. The van der Waals surface area contributed by atoms with E-state index in [2.05, 4.69) is 4.98 Å². The van der Waals surface area contributed by atoms with Gasteiger partial charge in [0, 0.05) is 44.9 Å². The number of nitrogen functional groups attached to an aromatic ring is 1. The number of H-pyrrole nitrogens is 1. The normalized spacial score (nSPS) is 16.9. The molecule has 0 bridgehead atoms. The van der Waals surface area contributed by atoms with E-state index in [-0.39, 0.29) is 43.5 Å². The molecule has 12 heteroatoms. The monoisotopic (exact) mass is 501 g/mol. The van der Waals surface area contributed by atoms with E-state index in [1.165, 1.54) is 21.5 Å². The van der Waals surface area contributed by atoms with Crippen LogP contribution >= 0.6 is 0 Å². The summed E-state index contributed by atoms with van der Waals surface area (Å²) in [5.74, 6) is -0.350. The van der Waals surface area contributed by atoms with E-state index in [1.54, 1.807) is 18.2 Å². The van der Waals surface area contributed by atoms with Crippen molar-refractivity contribution < 1.29 is 23.8 Å². The summed E-state index contributed by atoms with van der Waals surface area (Å²) >= 11 is 0. The van der Waals surface area contributed by atoms with Crippen molar-refractivity contribution in [2.24, 2.45) is 5.92 Å². The van der Waals surface area contributed by atoms with Crippen LogP contribution in [-0.2, 0) is 20.9 Å². The molecule has 3 heterocycles. The molecule has 1 atom stereocenters. The molecule has 0 unspecified atom stereocenters. The number of nitrogens with zero attached hydrogens (tertiary/aromatic N) is 3. The largest absolute Gasteiger partial charge is 0.486 e. The van der Waals surface area contributed by atoms with Crippen LogP contribution in [0.15, 0.2) is 27.8 Å². The zero-order valence-electron chi connectivity index (χ0n) is 20.5. The highest BCUT2D eigenvalue weighted by molar-refractivity contribution is 6.05. The quantitative estimate of drug-likeness (QED) is 0.511. The van der Waals surface area contributed by atoms with Crippen LogP contribution in [0.1, 0.15) is 26.2 Å². The minimum absolute atomic E-state index is 0.0311. The van der Waals surface area contributed by atoms with Crippen molar-refractivity contribution in [2.75, 3.05) is 55.6 Å². The van der Waals surface area contributed by atoms with Crippen LogP contribution in [0.25, 0.3) is 0 Å². The Morgan fingerprint density at radius 2 is 1.97 bits per heavy atom. The van der Waals surface area contributed by atoms with Gasteiger partial charge in [-0.3, -0.25) is 23.9 Å². The molecule has 1 aromatic carbocycles. The second-order valence-electron chi connectivity index (χ2n) is 8.71. The number of nitrogens with one attached hydrogen (secondary N) is 1. The van der Waals surface area contributed by atoms with E-state index in [1.807, 2.05) is 6.92 Å². The number of carbonyl (C=O) groups excluding carboxylic acids is 2. The number of unbranched alkanes of at least 4 members (excludes halogenated alkanes) is 1. The van der Waals surface area contributed by atoms with Crippen LogP contribution in [-0.4, -0.2) is 61.4 Å². The van der Waals surface area contributed by atoms with Crippen molar-refractivity contribution in [1.29, 1.82) is 0 Å². The fraction of sp³-hybridized carbons (Fsp3) is 0.500. The second-order valence-corrected chi connectivity index (χ2v) is 8.71. The Labute approximate surface area is 207 Å². The van der Waals surface area contributed by atoms with Gasteiger partial charge in [0.1, 0.15) is 19.0 Å². The molecule has 194 valence electrons. The lowest BCUT2D eigenvalue weighted by atomic mass is 10.1. The molecule has 2 amide bonds. The molecule has 3 N–H and O–H groups in total. The number of carbonyl (C=O) groups is 2. The van der Waals surface area contributed by atoms with Gasteiger partial charge < -0.3 is 29.7 Å². The van der Waals surface area contributed by atoms with Crippen LogP contribution in [0, 0.1) is 5.92 Å². The summed E-state index contributed by atoms with van der Waals surface area (Å²) < 4.78 is 17.6. The summed E-state index contributed by atoms with van der Waals surface area (Å²) in [4.78, 5) is 56.8. The summed E-state index contributed by atoms with van der Waals surface area (Å²) in [7, 11) is 1.47. The number of nitrogens with two attached hydrogens (primary N) is 1. The zero-order valence-corrected chi connectivity index (χ0v) is 20.5. The third-order valence-electron chi connectivity index (χ3n) is 6.32. The van der Waals surface area contributed by atoms with Gasteiger partial charge in [-0.25, -0.2) is 4.79 Å². The third-order valence-corrected chi connectivity index (χ3v) is 6.32. The molecular formula is C24H31N5O7. The first-order chi connectivity index (χ1) is 17.3. The fourth-order valence-corrected chi connectivity index (χ4v) is 4.43. The van der Waals surface area contributed by atoms with Gasteiger partial charge in [0.2, 0.25) is 11.8 Å². The molecule has 1 aromatic heterocycles. The number of hydrogen-bond acceptors (Lipinski definition) is 8. The van der Waals surface area contributed by atoms with Gasteiger partial charge in [0.25, 0.3) is 5.56 Å². The third kappa shape index (κ3) is 4.94. The molecule has 0 saturated carbocycles. The summed E-state index contributed by atoms with van der Waals surface area (Å²) in [5.41, 5.74) is 5.34. The minimum Gasteiger partial charge on any atom is -0.486 e. The molecule has 1 fully saturated rings. The molecule has 0 radical (unpaired) electrons. The van der Waals surface area contributed by atoms with Gasteiger partial charge in [-0.1, -0.05) is 13.3 Å². The smallest absolute Gasteiger partial charge is 0.330 e. The summed E-state index contributed by atoms with van der Waals surface area (Å²) in [6.07, 6.45) is 1.44. The Bertz CT molecular complexity index is 1250. The van der Waals surface area contributed by atoms with Crippen molar-refractivity contribution in [3.63, 3.8) is 0 Å². The molecule has 0 aliphatic carbocycles. The number of ether oxygens (including phenoxy) is 3. The summed E-state index contributed by atoms with van der Waals surface area (Å²) in [6, 6.07) is 5.19. The number of aromatic amines is 1. The average Bonchev–Trinajstić information content (AvgIpc) is 3.26. The number of amides is 2. The number of methoxy groups -OCH3 is 1. The van der Waals surface area contributed by atoms with Crippen molar-refractivity contribution in [3.05, 3.63) is 39.0 Å². The Balaban J connectivity index is 1.63. The molecule has 1 saturated heterocycles. The molecule has 12 nitrogen and oxygen atoms in total. The second kappa shape index (κ2) is 10.9. The van der Waals surface area contributed by atoms with Gasteiger partial charge in [-0.15, -0.1) is 0 Å². The zero-order chi connectivity index (χ0) is 25.8. The lowest BCUT2D eigenvalue weighted by molar-refractivity contribution is -0.124. The van der Waals surface area contributed by atoms with Crippen LogP contribution in [0.4, 0.5) is 17.2 Å². The van der Waals surface area contributed by atoms with E-state index in [4.69, 9.17) is 19.9 Å². The molecule has 2 aliphatic heterocycles. The van der Waals surface area contributed by atoms with E-state index in [0.29, 0.717) is 43.4 Å². The van der Waals surface area contributed by atoms with E-state index < -0.39 is 23.1 Å². The highest BCUT2D eigenvalue weighted by Gasteiger charge is 2.39. The maximum Gasteiger partial charge on any atom is 0.330 e. The van der Waals surface area contributed by atoms with E-state index in [9.17, 15) is 19.2 Å². The Morgan fingerprint density at radius 1 is 1.22 bits per heavy atom. The maximum absolute atomic E-state index is 13.7. The van der Waals surface area contributed by atoms with Crippen molar-refractivity contribution in [2.45, 2.75) is 32.7 Å². The molecule has 2 aromatic rings. The SMILES string of the molecule is CCCCn1c(N)c(N(CCOC)C(=O)[C@@H]2CC(=O)N(c3ccc4c(c3)OCCO4)C2)c(=O)[nH]c1=O. The van der Waals surface area contributed by atoms with Gasteiger partial charge in [-0.05, 0) is 18.6 Å². The Morgan fingerprint density at radius 3 is 2.69 bits per heavy atom. The van der Waals surface area contributed by atoms with Crippen molar-refractivity contribution in [1.82, 2.24) is 9.55 Å². The topological polar surface area (TPSA) is 149 Å². The summed E-state index contributed by atoms with van der Waals surface area (Å²) in [6.45, 7) is 3.42. The number of hydrogen-bond donors (Lipinski definition) is 2. The number of rotatable bonds is 9. The van der Waals surface area contributed by atoms with E-state index >= 15 is 0 Å². The lowest BCUT2D eigenvalue weighted by Gasteiger charge is -2.27. The van der Waals surface area contributed by atoms with Crippen LogP contribution in [0.2, 0.25) is 0 Å². The Hall–Kier alpha value is -3.80. The molecule has 2 aliphatic rings. The van der Waals surface area contributed by atoms with Gasteiger partial charge in [0.05, 0.1) is 12.5 Å². The van der Waals surface area contributed by atoms with Gasteiger partial charge >= 0.3 is 5.69 Å². The maximum atomic E-state index is 13.7. The molecule has 4 rings (SSSR count). The van der Waals surface area contributed by atoms with Crippen LogP contribution < -0.4 is 36.3 Å². The number of anilines is 3. The summed E-state index contributed by atoms with van der Waals surface area (Å²) in [5, 5.41) is 0. The highest BCUT2D eigenvalue weighted by atomic mass is 16.6. The predicted molar refractivity (Wildman–Crippen MR) is 133 cm³/mol. The molecular weight excluding hydrogens is 470 g/mol. The highest BCUT2D eigenvalue weighted by Crippen LogP contribution is 2.36. The van der Waals surface area contributed by atoms with Crippen LogP contribution in [0.3, 0.4) is 0 Å². The average molecular weight is 502 g/mol. The van der Waals surface area contributed by atoms with Crippen molar-refractivity contribution >= 4 is 29.0 Å². The fourth-order valence-electron chi connectivity index (χ4n) is 4.43.